The highest BCUT2D eigenvalue weighted by atomic mass is 19.4. The second-order valence-corrected chi connectivity index (χ2v) is 7.91. The van der Waals surface area contributed by atoms with Crippen LogP contribution in [-0.2, 0) is 31.2 Å². The summed E-state index contributed by atoms with van der Waals surface area (Å²) in [7, 11) is 0.837. The molecule has 0 saturated carbocycles. The number of carbonyl (C=O) groups excluding carboxylic acids is 1. The lowest BCUT2D eigenvalue weighted by Crippen LogP contribution is -2.53. The van der Waals surface area contributed by atoms with E-state index in [1.165, 1.54) is 30.3 Å². The molecule has 3 aromatic rings. The molecular weight excluding hydrogens is 445 g/mol. The van der Waals surface area contributed by atoms with Crippen LogP contribution >= 0.6 is 0 Å². The zero-order valence-corrected chi connectivity index (χ0v) is 19.0. The van der Waals surface area contributed by atoms with Gasteiger partial charge in [0.1, 0.15) is 6.10 Å². The number of methoxy groups -OCH3 is 1. The standard InChI is InChI=1S/C27H27F3O4/c1-4-10-24(19(2)33-18-20-15-16-21-11-8-9-12-22(21)17-20)34-25(31)26(32-3,27(28,29)30)23-13-6-5-7-14-23/h4-9,11-17,19,24H,1,10,18H2,2-3H3/t19-,24-,26+/m0/s1. The molecule has 180 valence electrons. The van der Waals surface area contributed by atoms with Gasteiger partial charge in [-0.3, -0.25) is 0 Å². The summed E-state index contributed by atoms with van der Waals surface area (Å²) in [6.45, 7) is 5.48. The van der Waals surface area contributed by atoms with Crippen molar-refractivity contribution >= 4 is 16.7 Å². The molecule has 0 radical (unpaired) electrons. The average Bonchev–Trinajstić information content (AvgIpc) is 2.82. The summed E-state index contributed by atoms with van der Waals surface area (Å²) in [5.41, 5.74) is -2.73. The lowest BCUT2D eigenvalue weighted by Gasteiger charge is -2.34. The molecule has 0 heterocycles. The molecule has 0 unspecified atom stereocenters. The molecule has 0 N–H and O–H groups in total. The molecule has 0 aromatic heterocycles. The Balaban J connectivity index is 1.78. The van der Waals surface area contributed by atoms with Crippen molar-refractivity contribution in [2.75, 3.05) is 7.11 Å². The fourth-order valence-corrected chi connectivity index (χ4v) is 3.77. The van der Waals surface area contributed by atoms with Crippen LogP contribution in [0.4, 0.5) is 13.2 Å². The molecule has 0 aliphatic carbocycles. The Morgan fingerprint density at radius 3 is 2.26 bits per heavy atom. The van der Waals surface area contributed by atoms with Gasteiger partial charge in [0.05, 0.1) is 12.7 Å². The summed E-state index contributed by atoms with van der Waals surface area (Å²) in [5, 5.41) is 2.13. The number of rotatable bonds is 10. The number of benzene rings is 3. The number of hydrogen-bond acceptors (Lipinski definition) is 4. The van der Waals surface area contributed by atoms with Gasteiger partial charge in [0.2, 0.25) is 0 Å². The summed E-state index contributed by atoms with van der Waals surface area (Å²) in [6, 6.07) is 20.4. The van der Waals surface area contributed by atoms with Crippen LogP contribution in [0.5, 0.6) is 0 Å². The number of ether oxygens (including phenoxy) is 3. The van der Waals surface area contributed by atoms with E-state index in [1.54, 1.807) is 13.0 Å². The van der Waals surface area contributed by atoms with Gasteiger partial charge in [0.25, 0.3) is 5.60 Å². The van der Waals surface area contributed by atoms with Gasteiger partial charge in [0, 0.05) is 19.1 Å². The molecule has 3 atom stereocenters. The quantitative estimate of drug-likeness (QED) is 0.255. The van der Waals surface area contributed by atoms with E-state index < -0.39 is 30.0 Å². The van der Waals surface area contributed by atoms with Gasteiger partial charge in [-0.15, -0.1) is 6.58 Å². The maximum Gasteiger partial charge on any atom is 0.432 e. The minimum atomic E-state index is -5.05. The van der Waals surface area contributed by atoms with Crippen LogP contribution in [0.3, 0.4) is 0 Å². The van der Waals surface area contributed by atoms with E-state index in [-0.39, 0.29) is 18.6 Å². The second-order valence-electron chi connectivity index (χ2n) is 7.91. The molecule has 0 fully saturated rings. The SMILES string of the molecule is C=CC[C@H](OC(=O)[C@](OC)(c1ccccc1)C(F)(F)F)[C@H](C)OCc1ccc2ccccc2c1. The van der Waals surface area contributed by atoms with E-state index in [4.69, 9.17) is 14.2 Å². The molecule has 0 amide bonds. The van der Waals surface area contributed by atoms with Crippen molar-refractivity contribution < 1.29 is 32.2 Å². The monoisotopic (exact) mass is 472 g/mol. The summed E-state index contributed by atoms with van der Waals surface area (Å²) in [6.07, 6.45) is -5.16. The van der Waals surface area contributed by atoms with Gasteiger partial charge in [-0.2, -0.15) is 13.2 Å². The zero-order valence-electron chi connectivity index (χ0n) is 19.0. The first-order valence-electron chi connectivity index (χ1n) is 10.8. The van der Waals surface area contributed by atoms with Crippen LogP contribution in [0.25, 0.3) is 10.8 Å². The van der Waals surface area contributed by atoms with Crippen molar-refractivity contribution in [3.05, 3.63) is 96.6 Å². The van der Waals surface area contributed by atoms with Crippen LogP contribution in [0, 0.1) is 0 Å². The fourth-order valence-electron chi connectivity index (χ4n) is 3.77. The Labute approximate surface area is 196 Å². The third-order valence-corrected chi connectivity index (χ3v) is 5.68. The normalized spacial score (nSPS) is 15.3. The Hall–Kier alpha value is -3.16. The van der Waals surface area contributed by atoms with E-state index in [2.05, 4.69) is 6.58 Å². The van der Waals surface area contributed by atoms with Crippen LogP contribution in [0.15, 0.2) is 85.5 Å². The molecule has 0 aliphatic rings. The number of alkyl halides is 3. The molecule has 7 heteroatoms. The molecule has 4 nitrogen and oxygen atoms in total. The third-order valence-electron chi connectivity index (χ3n) is 5.68. The predicted molar refractivity (Wildman–Crippen MR) is 124 cm³/mol. The van der Waals surface area contributed by atoms with Crippen LogP contribution in [0.1, 0.15) is 24.5 Å². The molecule has 34 heavy (non-hydrogen) atoms. The van der Waals surface area contributed by atoms with Crippen molar-refractivity contribution in [1.29, 1.82) is 0 Å². The Morgan fingerprint density at radius 1 is 1.00 bits per heavy atom. The second kappa shape index (κ2) is 10.8. The predicted octanol–water partition coefficient (Wildman–Crippen LogP) is 6.34. The highest BCUT2D eigenvalue weighted by Gasteiger charge is 2.64. The summed E-state index contributed by atoms with van der Waals surface area (Å²) in [4.78, 5) is 13.0. The topological polar surface area (TPSA) is 44.8 Å². The number of carbonyl (C=O) groups is 1. The van der Waals surface area contributed by atoms with Gasteiger partial charge < -0.3 is 14.2 Å². The summed E-state index contributed by atoms with van der Waals surface area (Å²) >= 11 is 0. The highest BCUT2D eigenvalue weighted by Crippen LogP contribution is 2.43. The van der Waals surface area contributed by atoms with Crippen molar-refractivity contribution in [3.8, 4) is 0 Å². The Kier molecular flexibility index (Phi) is 8.12. The van der Waals surface area contributed by atoms with Gasteiger partial charge in [-0.25, -0.2) is 4.79 Å². The van der Waals surface area contributed by atoms with Gasteiger partial charge in [-0.1, -0.05) is 72.8 Å². The van der Waals surface area contributed by atoms with E-state index in [9.17, 15) is 18.0 Å². The van der Waals surface area contributed by atoms with Crippen LogP contribution in [0.2, 0.25) is 0 Å². The Morgan fingerprint density at radius 2 is 1.65 bits per heavy atom. The third kappa shape index (κ3) is 5.32. The molecule has 0 spiro atoms. The maximum absolute atomic E-state index is 14.2. The van der Waals surface area contributed by atoms with Gasteiger partial charge in [0.15, 0.2) is 0 Å². The van der Waals surface area contributed by atoms with Crippen LogP contribution < -0.4 is 0 Å². The smallest absolute Gasteiger partial charge is 0.432 e. The minimum absolute atomic E-state index is 0.108. The first-order valence-corrected chi connectivity index (χ1v) is 10.8. The van der Waals surface area contributed by atoms with Crippen molar-refractivity contribution in [2.45, 2.75) is 43.9 Å². The lowest BCUT2D eigenvalue weighted by molar-refractivity contribution is -0.279. The number of esters is 1. The summed E-state index contributed by atoms with van der Waals surface area (Å²) in [5.74, 6) is -1.55. The maximum atomic E-state index is 14.2. The molecule has 3 aromatic carbocycles. The van der Waals surface area contributed by atoms with E-state index in [0.717, 1.165) is 23.4 Å². The number of halogens is 3. The first-order chi connectivity index (χ1) is 16.2. The van der Waals surface area contributed by atoms with E-state index in [0.29, 0.717) is 0 Å². The largest absolute Gasteiger partial charge is 0.457 e. The average molecular weight is 473 g/mol. The van der Waals surface area contributed by atoms with Crippen molar-refractivity contribution in [3.63, 3.8) is 0 Å². The lowest BCUT2D eigenvalue weighted by atomic mass is 9.92. The Bertz CT molecular complexity index is 1110. The number of fused-ring (bicyclic) bond motifs is 1. The van der Waals surface area contributed by atoms with Gasteiger partial charge in [-0.05, 0) is 29.3 Å². The minimum Gasteiger partial charge on any atom is -0.457 e. The van der Waals surface area contributed by atoms with Gasteiger partial charge >= 0.3 is 12.1 Å². The summed E-state index contributed by atoms with van der Waals surface area (Å²) < 4.78 is 58.6. The number of hydrogen-bond donors (Lipinski definition) is 0. The van der Waals surface area contributed by atoms with Crippen molar-refractivity contribution in [1.82, 2.24) is 0 Å². The fraction of sp³-hybridized carbons (Fsp3) is 0.296. The molecule has 0 aliphatic heterocycles. The molecule has 3 rings (SSSR count). The highest BCUT2D eigenvalue weighted by molar-refractivity contribution is 5.83. The zero-order chi connectivity index (χ0) is 24.8. The molecular formula is C27H27F3O4. The molecule has 0 saturated heterocycles. The van der Waals surface area contributed by atoms with Crippen molar-refractivity contribution in [2.24, 2.45) is 0 Å². The van der Waals surface area contributed by atoms with Crippen LogP contribution in [-0.4, -0.2) is 31.5 Å². The molecule has 0 bridgehead atoms. The first kappa shape index (κ1) is 25.5. The van der Waals surface area contributed by atoms with E-state index >= 15 is 0 Å². The van der Waals surface area contributed by atoms with E-state index in [1.807, 2.05) is 42.5 Å².